The predicted octanol–water partition coefficient (Wildman–Crippen LogP) is 2.32. The van der Waals surface area contributed by atoms with Crippen molar-refractivity contribution in [2.24, 2.45) is 5.73 Å². The monoisotopic (exact) mass is 302 g/mol. The van der Waals surface area contributed by atoms with E-state index in [1.807, 2.05) is 0 Å². The second-order valence-electron chi connectivity index (χ2n) is 4.50. The molecule has 104 valence electrons. The lowest BCUT2D eigenvalue weighted by molar-refractivity contribution is -0.132. The molecular formula is C13H16Cl2N2O2. The van der Waals surface area contributed by atoms with E-state index in [1.54, 1.807) is 23.1 Å². The summed E-state index contributed by atoms with van der Waals surface area (Å²) in [6.07, 6.45) is 1.80. The highest BCUT2D eigenvalue weighted by atomic mass is 35.5. The van der Waals surface area contributed by atoms with Gasteiger partial charge >= 0.3 is 0 Å². The van der Waals surface area contributed by atoms with E-state index >= 15 is 0 Å². The Morgan fingerprint density at radius 3 is 2.89 bits per heavy atom. The summed E-state index contributed by atoms with van der Waals surface area (Å²) in [6, 6.07) is 5.16. The number of benzene rings is 1. The minimum Gasteiger partial charge on any atom is -0.489 e. The maximum Gasteiger partial charge on any atom is 0.236 e. The molecule has 1 amide bonds. The molecule has 1 heterocycles. The van der Waals surface area contributed by atoms with Crippen molar-refractivity contribution in [1.29, 1.82) is 0 Å². The fourth-order valence-electron chi connectivity index (χ4n) is 2.13. The van der Waals surface area contributed by atoms with Gasteiger partial charge in [-0.3, -0.25) is 4.79 Å². The van der Waals surface area contributed by atoms with Crippen molar-refractivity contribution in [3.8, 4) is 5.75 Å². The predicted molar refractivity (Wildman–Crippen MR) is 75.7 cm³/mol. The van der Waals surface area contributed by atoms with Crippen LogP contribution in [0.4, 0.5) is 0 Å². The number of carbonyl (C=O) groups is 1. The van der Waals surface area contributed by atoms with E-state index in [1.165, 1.54) is 0 Å². The lowest BCUT2D eigenvalue weighted by atomic mass is 10.1. The van der Waals surface area contributed by atoms with Gasteiger partial charge in [0, 0.05) is 12.6 Å². The van der Waals surface area contributed by atoms with Crippen LogP contribution in [0.15, 0.2) is 18.2 Å². The van der Waals surface area contributed by atoms with Gasteiger partial charge in [-0.1, -0.05) is 23.2 Å². The Hall–Kier alpha value is -0.970. The third-order valence-electron chi connectivity index (χ3n) is 3.10. The zero-order valence-corrected chi connectivity index (χ0v) is 12.0. The van der Waals surface area contributed by atoms with Crippen LogP contribution in [-0.4, -0.2) is 36.5 Å². The number of hydrogen-bond acceptors (Lipinski definition) is 3. The first-order valence-electron chi connectivity index (χ1n) is 6.19. The number of piperidine rings is 1. The molecule has 0 aliphatic carbocycles. The van der Waals surface area contributed by atoms with Crippen molar-refractivity contribution < 1.29 is 9.53 Å². The van der Waals surface area contributed by atoms with Crippen molar-refractivity contribution in [2.75, 3.05) is 19.6 Å². The number of carbonyl (C=O) groups excluding carboxylic acids is 1. The molecule has 0 radical (unpaired) electrons. The number of amides is 1. The lowest BCUT2D eigenvalue weighted by Crippen LogP contribution is -2.46. The van der Waals surface area contributed by atoms with Crippen molar-refractivity contribution in [3.05, 3.63) is 28.2 Å². The second-order valence-corrected chi connectivity index (χ2v) is 5.32. The molecule has 1 aromatic rings. The molecule has 0 aromatic heterocycles. The van der Waals surface area contributed by atoms with Gasteiger partial charge in [-0.2, -0.15) is 0 Å². The molecule has 0 unspecified atom stereocenters. The van der Waals surface area contributed by atoms with E-state index in [4.69, 9.17) is 33.7 Å². The Labute approximate surface area is 122 Å². The third-order valence-corrected chi connectivity index (χ3v) is 3.84. The van der Waals surface area contributed by atoms with E-state index in [2.05, 4.69) is 0 Å². The van der Waals surface area contributed by atoms with Crippen LogP contribution >= 0.6 is 23.2 Å². The molecule has 4 nitrogen and oxygen atoms in total. The zero-order valence-electron chi connectivity index (χ0n) is 10.4. The van der Waals surface area contributed by atoms with E-state index < -0.39 is 0 Å². The summed E-state index contributed by atoms with van der Waals surface area (Å²) in [6.45, 7) is 1.35. The second kappa shape index (κ2) is 6.46. The van der Waals surface area contributed by atoms with Gasteiger partial charge in [0.15, 0.2) is 0 Å². The Balaban J connectivity index is 1.98. The number of rotatable bonds is 3. The Bertz CT molecular complexity index is 468. The van der Waals surface area contributed by atoms with Crippen molar-refractivity contribution in [2.45, 2.75) is 18.9 Å². The standard InChI is InChI=1S/C13H16Cl2N2O2/c14-11-4-3-9(6-12(11)15)19-10-2-1-5-17(8-10)13(18)7-16/h3-4,6,10H,1-2,5,7-8,16H2/t10-/m1/s1. The highest BCUT2D eigenvalue weighted by Gasteiger charge is 2.24. The van der Waals surface area contributed by atoms with Gasteiger partial charge in [0.2, 0.25) is 5.91 Å². The largest absolute Gasteiger partial charge is 0.489 e. The minimum absolute atomic E-state index is 0.0264. The first-order chi connectivity index (χ1) is 9.10. The number of halogens is 2. The van der Waals surface area contributed by atoms with Crippen molar-refractivity contribution in [3.63, 3.8) is 0 Å². The molecule has 0 saturated carbocycles. The Kier molecular flexibility index (Phi) is 4.91. The van der Waals surface area contributed by atoms with Gasteiger partial charge in [0.05, 0.1) is 23.1 Å². The fourth-order valence-corrected chi connectivity index (χ4v) is 2.42. The summed E-state index contributed by atoms with van der Waals surface area (Å²) in [7, 11) is 0. The fraction of sp³-hybridized carbons (Fsp3) is 0.462. The summed E-state index contributed by atoms with van der Waals surface area (Å²) in [4.78, 5) is 13.3. The van der Waals surface area contributed by atoms with Gasteiger partial charge in [-0.05, 0) is 25.0 Å². The van der Waals surface area contributed by atoms with Gasteiger partial charge < -0.3 is 15.4 Å². The number of hydrogen-bond donors (Lipinski definition) is 1. The van der Waals surface area contributed by atoms with Crippen LogP contribution in [0.5, 0.6) is 5.75 Å². The Morgan fingerprint density at radius 1 is 1.42 bits per heavy atom. The van der Waals surface area contributed by atoms with Crippen LogP contribution < -0.4 is 10.5 Å². The van der Waals surface area contributed by atoms with E-state index in [-0.39, 0.29) is 18.6 Å². The first kappa shape index (κ1) is 14.4. The molecule has 0 bridgehead atoms. The summed E-state index contributed by atoms with van der Waals surface area (Å²) < 4.78 is 5.84. The zero-order chi connectivity index (χ0) is 13.8. The third kappa shape index (κ3) is 3.75. The molecule has 6 heteroatoms. The van der Waals surface area contributed by atoms with E-state index in [9.17, 15) is 4.79 Å². The highest BCUT2D eigenvalue weighted by molar-refractivity contribution is 6.42. The SMILES string of the molecule is NCC(=O)N1CCC[C@@H](Oc2ccc(Cl)c(Cl)c2)C1. The highest BCUT2D eigenvalue weighted by Crippen LogP contribution is 2.27. The quantitative estimate of drug-likeness (QED) is 0.932. The lowest BCUT2D eigenvalue weighted by Gasteiger charge is -2.32. The average Bonchev–Trinajstić information content (AvgIpc) is 2.42. The molecule has 2 N–H and O–H groups in total. The topological polar surface area (TPSA) is 55.6 Å². The maximum absolute atomic E-state index is 11.6. The molecule has 1 aliphatic heterocycles. The van der Waals surface area contributed by atoms with Crippen LogP contribution in [0, 0.1) is 0 Å². The van der Waals surface area contributed by atoms with E-state index in [0.717, 1.165) is 19.4 Å². The van der Waals surface area contributed by atoms with Crippen LogP contribution in [0.1, 0.15) is 12.8 Å². The van der Waals surface area contributed by atoms with Gasteiger partial charge in [0.1, 0.15) is 11.9 Å². The van der Waals surface area contributed by atoms with Crippen LogP contribution in [0.25, 0.3) is 0 Å². The minimum atomic E-state index is -0.0394. The van der Waals surface area contributed by atoms with Crippen LogP contribution in [0.3, 0.4) is 0 Å². The molecule has 1 aliphatic rings. The maximum atomic E-state index is 11.6. The van der Waals surface area contributed by atoms with Crippen LogP contribution in [-0.2, 0) is 4.79 Å². The molecular weight excluding hydrogens is 287 g/mol. The number of ether oxygens (including phenoxy) is 1. The van der Waals surface area contributed by atoms with Gasteiger partial charge in [-0.25, -0.2) is 0 Å². The van der Waals surface area contributed by atoms with E-state index in [0.29, 0.717) is 22.3 Å². The molecule has 1 fully saturated rings. The summed E-state index contributed by atoms with van der Waals surface area (Å²) in [5, 5.41) is 0.961. The number of nitrogens with two attached hydrogens (primary N) is 1. The Morgan fingerprint density at radius 2 is 2.21 bits per heavy atom. The molecule has 2 rings (SSSR count). The van der Waals surface area contributed by atoms with Gasteiger partial charge in [0.25, 0.3) is 0 Å². The molecule has 1 saturated heterocycles. The normalized spacial score (nSPS) is 19.3. The molecule has 19 heavy (non-hydrogen) atoms. The van der Waals surface area contributed by atoms with Crippen LogP contribution in [0.2, 0.25) is 10.0 Å². The molecule has 0 spiro atoms. The van der Waals surface area contributed by atoms with Gasteiger partial charge in [-0.15, -0.1) is 0 Å². The number of nitrogens with zero attached hydrogens (tertiary/aromatic N) is 1. The van der Waals surface area contributed by atoms with Crippen molar-refractivity contribution in [1.82, 2.24) is 4.90 Å². The first-order valence-corrected chi connectivity index (χ1v) is 6.95. The number of likely N-dealkylation sites (tertiary alicyclic amines) is 1. The van der Waals surface area contributed by atoms with Crippen molar-refractivity contribution >= 4 is 29.1 Å². The molecule has 1 aromatic carbocycles. The smallest absolute Gasteiger partial charge is 0.236 e. The summed E-state index contributed by atoms with van der Waals surface area (Å²) >= 11 is 11.8. The summed E-state index contributed by atoms with van der Waals surface area (Å²) in [5.41, 5.74) is 5.37. The molecule has 1 atom stereocenters. The average molecular weight is 303 g/mol. The summed E-state index contributed by atoms with van der Waals surface area (Å²) in [5.74, 6) is 0.629.